The first-order valence-corrected chi connectivity index (χ1v) is 11.1. The zero-order valence-corrected chi connectivity index (χ0v) is 19.4. The maximum absolute atomic E-state index is 14.4. The van der Waals surface area contributed by atoms with Gasteiger partial charge in [-0.2, -0.15) is 0 Å². The van der Waals surface area contributed by atoms with Gasteiger partial charge >= 0.3 is 0 Å². The van der Waals surface area contributed by atoms with Crippen LogP contribution in [-0.2, 0) is 4.79 Å². The first-order chi connectivity index (χ1) is 15.7. The molecule has 33 heavy (non-hydrogen) atoms. The molecular formula is C22H29ClFN7O2. The number of guanidine groups is 1. The van der Waals surface area contributed by atoms with Crippen LogP contribution < -0.4 is 16.4 Å². The van der Waals surface area contributed by atoms with Gasteiger partial charge in [-0.25, -0.2) is 19.4 Å². The Hall–Kier alpha value is -2.98. The molecule has 0 unspecified atom stereocenters. The summed E-state index contributed by atoms with van der Waals surface area (Å²) in [6, 6.07) is 3.83. The van der Waals surface area contributed by atoms with Gasteiger partial charge in [-0.1, -0.05) is 11.6 Å². The highest BCUT2D eigenvalue weighted by molar-refractivity contribution is 6.30. The number of hydrogen-bond donors (Lipinski definition) is 4. The maximum atomic E-state index is 14.4. The topological polar surface area (TPSA) is 130 Å². The third kappa shape index (κ3) is 5.88. The molecular weight excluding hydrogens is 449 g/mol. The van der Waals surface area contributed by atoms with Gasteiger partial charge in [0.2, 0.25) is 17.8 Å². The number of nitrogens with one attached hydrogen (secondary N) is 2. The van der Waals surface area contributed by atoms with E-state index in [4.69, 9.17) is 17.3 Å². The number of hydrogen-bond acceptors (Lipinski definition) is 5. The number of benzene rings is 1. The number of aliphatic hydroxyl groups is 1. The number of primary amides is 1. The zero-order valence-electron chi connectivity index (χ0n) is 18.7. The molecule has 2 aromatic rings. The average molecular weight is 478 g/mol. The van der Waals surface area contributed by atoms with Crippen molar-refractivity contribution in [1.29, 1.82) is 0 Å². The second-order valence-electron chi connectivity index (χ2n) is 8.16. The number of aliphatic hydroxyl groups excluding tert-OH is 1. The number of nitrogens with two attached hydrogens (primary N) is 1. The Morgan fingerprint density at radius 2 is 2.12 bits per heavy atom. The van der Waals surface area contributed by atoms with E-state index in [2.05, 4.69) is 32.3 Å². The third-order valence-electron chi connectivity index (χ3n) is 5.71. The smallest absolute Gasteiger partial charge is 0.223 e. The van der Waals surface area contributed by atoms with Gasteiger partial charge in [-0.05, 0) is 64.4 Å². The van der Waals surface area contributed by atoms with Crippen LogP contribution in [0.2, 0.25) is 5.02 Å². The van der Waals surface area contributed by atoms with Crippen molar-refractivity contribution < 1.29 is 14.3 Å². The van der Waals surface area contributed by atoms with Crippen LogP contribution in [0.25, 0.3) is 0 Å². The fraction of sp³-hybridized carbons (Fsp3) is 0.455. The summed E-state index contributed by atoms with van der Waals surface area (Å²) in [5, 5.41) is 15.9. The largest absolute Gasteiger partial charge is 0.394 e. The van der Waals surface area contributed by atoms with Crippen LogP contribution in [0.15, 0.2) is 28.2 Å². The number of aryl methyl sites for hydroxylation is 1. The van der Waals surface area contributed by atoms with Crippen LogP contribution >= 0.6 is 11.6 Å². The van der Waals surface area contributed by atoms with E-state index in [0.717, 1.165) is 0 Å². The summed E-state index contributed by atoms with van der Waals surface area (Å²) in [6.07, 6.45) is 2.66. The predicted octanol–water partition coefficient (Wildman–Crippen LogP) is 3.79. The Kier molecular flexibility index (Phi) is 8.04. The highest BCUT2D eigenvalue weighted by atomic mass is 35.5. The van der Waals surface area contributed by atoms with Crippen molar-refractivity contribution in [3.8, 4) is 0 Å². The molecule has 1 heterocycles. The van der Waals surface area contributed by atoms with E-state index in [0.29, 0.717) is 48.2 Å². The molecule has 1 aromatic carbocycles. The second-order valence-corrected chi connectivity index (χ2v) is 8.60. The lowest BCUT2D eigenvalue weighted by Crippen LogP contribution is -2.29. The van der Waals surface area contributed by atoms with Crippen molar-refractivity contribution in [3.63, 3.8) is 0 Å². The minimum Gasteiger partial charge on any atom is -0.394 e. The maximum Gasteiger partial charge on any atom is 0.223 e. The van der Waals surface area contributed by atoms with Gasteiger partial charge in [0.15, 0.2) is 0 Å². The fourth-order valence-electron chi connectivity index (χ4n) is 3.94. The van der Waals surface area contributed by atoms with Gasteiger partial charge in [0.05, 0.1) is 24.0 Å². The molecule has 9 nitrogen and oxygen atoms in total. The molecule has 0 aliphatic heterocycles. The van der Waals surface area contributed by atoms with Crippen LogP contribution in [0.5, 0.6) is 0 Å². The van der Waals surface area contributed by atoms with Crippen LogP contribution in [0.4, 0.5) is 21.8 Å². The van der Waals surface area contributed by atoms with E-state index >= 15 is 0 Å². The first kappa shape index (κ1) is 24.7. The lowest BCUT2D eigenvalue weighted by atomic mass is 9.85. The van der Waals surface area contributed by atoms with Gasteiger partial charge in [0.1, 0.15) is 11.6 Å². The molecule has 1 saturated carbocycles. The van der Waals surface area contributed by atoms with Crippen molar-refractivity contribution in [2.24, 2.45) is 21.6 Å². The lowest BCUT2D eigenvalue weighted by molar-refractivity contribution is -0.122. The second kappa shape index (κ2) is 10.8. The van der Waals surface area contributed by atoms with Crippen molar-refractivity contribution in [2.75, 3.05) is 17.2 Å². The van der Waals surface area contributed by atoms with Crippen LogP contribution in [0, 0.1) is 18.7 Å². The minimum absolute atomic E-state index is 0.0321. The van der Waals surface area contributed by atoms with E-state index in [-0.39, 0.29) is 42.2 Å². The highest BCUT2D eigenvalue weighted by Gasteiger charge is 2.30. The molecule has 1 amide bonds. The SMILES string of the molecule is C=NC(=N[C@@H](C)CO)Nc1c(C)nc(Nc2cc(Cl)ccc2F)n1C1CCC(C(N)=O)CC1. The van der Waals surface area contributed by atoms with Crippen molar-refractivity contribution in [3.05, 3.63) is 34.7 Å². The zero-order chi connectivity index (χ0) is 24.1. The molecule has 1 aliphatic rings. The molecule has 11 heteroatoms. The quantitative estimate of drug-likeness (QED) is 0.356. The molecule has 0 spiro atoms. The van der Waals surface area contributed by atoms with Gasteiger partial charge in [-0.3, -0.25) is 9.36 Å². The number of anilines is 3. The Morgan fingerprint density at radius 3 is 2.73 bits per heavy atom. The number of nitrogens with zero attached hydrogens (tertiary/aromatic N) is 4. The number of imidazole rings is 1. The monoisotopic (exact) mass is 477 g/mol. The van der Waals surface area contributed by atoms with E-state index < -0.39 is 5.82 Å². The number of carbonyl (C=O) groups is 1. The molecule has 1 aromatic heterocycles. The Bertz CT molecular complexity index is 1050. The standard InChI is InChI=1S/C22H29ClFN7O2/c1-12(11-32)27-21(26-3)30-20-13(2)28-22(29-18-10-15(23)6-9-17(18)24)31(20)16-7-4-14(5-8-16)19(25)33/h6,9-10,12,14,16,32H,3-5,7-8,11H2,1-2H3,(H2,25,33)(H,27,30)(H,28,29)/t12-,14?,16?/m0/s1. The van der Waals surface area contributed by atoms with E-state index in [9.17, 15) is 14.3 Å². The predicted molar refractivity (Wildman–Crippen MR) is 129 cm³/mol. The molecule has 0 saturated heterocycles. The van der Waals surface area contributed by atoms with Crippen LogP contribution in [-0.4, -0.2) is 45.9 Å². The molecule has 1 aliphatic carbocycles. The Labute approximate surface area is 197 Å². The van der Waals surface area contributed by atoms with E-state index in [1.165, 1.54) is 18.2 Å². The molecule has 5 N–H and O–H groups in total. The summed E-state index contributed by atoms with van der Waals surface area (Å²) in [6.45, 7) is 6.97. The summed E-state index contributed by atoms with van der Waals surface area (Å²) >= 11 is 6.06. The molecule has 0 bridgehead atoms. The third-order valence-corrected chi connectivity index (χ3v) is 5.95. The molecule has 1 fully saturated rings. The number of aromatic nitrogens is 2. The Morgan fingerprint density at radius 1 is 1.42 bits per heavy atom. The average Bonchev–Trinajstić information content (AvgIpc) is 3.09. The lowest BCUT2D eigenvalue weighted by Gasteiger charge is -2.30. The van der Waals surface area contributed by atoms with E-state index in [1.54, 1.807) is 6.92 Å². The number of carbonyl (C=O) groups excluding carboxylic acids is 1. The van der Waals surface area contributed by atoms with E-state index in [1.807, 2.05) is 11.5 Å². The summed E-state index contributed by atoms with van der Waals surface area (Å²) < 4.78 is 16.4. The normalized spacial score (nSPS) is 19.7. The summed E-state index contributed by atoms with van der Waals surface area (Å²) in [4.78, 5) is 24.5. The van der Waals surface area contributed by atoms with Gasteiger partial charge < -0.3 is 21.5 Å². The van der Waals surface area contributed by atoms with Gasteiger partial charge in [0.25, 0.3) is 0 Å². The minimum atomic E-state index is -0.467. The van der Waals surface area contributed by atoms with Crippen LogP contribution in [0.1, 0.15) is 44.3 Å². The first-order valence-electron chi connectivity index (χ1n) is 10.8. The molecule has 178 valence electrons. The number of amides is 1. The molecule has 0 radical (unpaired) electrons. The Balaban J connectivity index is 2.01. The number of rotatable bonds is 7. The molecule has 1 atom stereocenters. The van der Waals surface area contributed by atoms with Gasteiger partial charge in [0, 0.05) is 17.0 Å². The van der Waals surface area contributed by atoms with Crippen molar-refractivity contribution in [1.82, 2.24) is 9.55 Å². The number of aliphatic imine (C=N–C) groups is 2. The van der Waals surface area contributed by atoms with Crippen molar-refractivity contribution >= 4 is 47.6 Å². The summed E-state index contributed by atoms with van der Waals surface area (Å²) in [7, 11) is 0. The number of halogens is 2. The highest BCUT2D eigenvalue weighted by Crippen LogP contribution is 2.38. The van der Waals surface area contributed by atoms with Crippen LogP contribution in [0.3, 0.4) is 0 Å². The molecule has 3 rings (SSSR count). The van der Waals surface area contributed by atoms with Crippen molar-refractivity contribution in [2.45, 2.75) is 51.6 Å². The summed E-state index contributed by atoms with van der Waals surface area (Å²) in [5.41, 5.74) is 6.32. The summed E-state index contributed by atoms with van der Waals surface area (Å²) in [5.74, 6) is 0.325. The van der Waals surface area contributed by atoms with Gasteiger partial charge in [-0.15, -0.1) is 0 Å². The fourth-order valence-corrected chi connectivity index (χ4v) is 4.11.